The number of H-pyrrole nitrogens is 1. The molecule has 0 amide bonds. The summed E-state index contributed by atoms with van der Waals surface area (Å²) in [6, 6.07) is 11.8. The standard InChI is InChI=1S/C24H28N4O3/c1-2-13-30-14-12-27-8-10-28(11-9-27)16-17-6-7-20-19(15-17)23-22-18(24(29)26-25-23)4-3-5-21(22)31-20/h3-7,15H,2,8-14,16H2,1H3,(H,26,29). The highest BCUT2D eigenvalue weighted by molar-refractivity contribution is 6.01. The molecule has 5 rings (SSSR count). The van der Waals surface area contributed by atoms with Crippen LogP contribution in [0.3, 0.4) is 0 Å². The van der Waals surface area contributed by atoms with E-state index in [4.69, 9.17) is 9.47 Å². The summed E-state index contributed by atoms with van der Waals surface area (Å²) >= 11 is 0. The van der Waals surface area contributed by atoms with Crippen molar-refractivity contribution in [3.63, 3.8) is 0 Å². The van der Waals surface area contributed by atoms with Crippen LogP contribution in [0.15, 0.2) is 41.2 Å². The molecule has 0 bridgehead atoms. The van der Waals surface area contributed by atoms with E-state index in [1.807, 2.05) is 24.3 Å². The third-order valence-corrected chi connectivity index (χ3v) is 6.07. The van der Waals surface area contributed by atoms with Crippen LogP contribution < -0.4 is 10.3 Å². The van der Waals surface area contributed by atoms with Crippen molar-refractivity contribution in [2.45, 2.75) is 19.9 Å². The first-order valence-corrected chi connectivity index (χ1v) is 11.1. The Labute approximate surface area is 181 Å². The van der Waals surface area contributed by atoms with Crippen molar-refractivity contribution < 1.29 is 9.47 Å². The SMILES string of the molecule is CCCOCCN1CCN(Cc2ccc3c(c2)-c2n[nH]c(=O)c4cccc(c24)O3)CC1. The number of aromatic nitrogens is 2. The molecule has 0 spiro atoms. The first kappa shape index (κ1) is 20.2. The zero-order valence-corrected chi connectivity index (χ0v) is 17.9. The Morgan fingerprint density at radius 2 is 1.90 bits per heavy atom. The van der Waals surface area contributed by atoms with Crippen LogP contribution in [0.4, 0.5) is 0 Å². The summed E-state index contributed by atoms with van der Waals surface area (Å²) in [6.07, 6.45) is 1.07. The zero-order chi connectivity index (χ0) is 21.2. The van der Waals surface area contributed by atoms with Crippen molar-refractivity contribution in [3.8, 4) is 22.8 Å². The third kappa shape index (κ3) is 4.08. The molecule has 0 atom stereocenters. The van der Waals surface area contributed by atoms with Crippen LogP contribution >= 0.6 is 0 Å². The smallest absolute Gasteiger partial charge is 0.272 e. The molecule has 0 radical (unpaired) electrons. The predicted octanol–water partition coefficient (Wildman–Crippen LogP) is 3.24. The van der Waals surface area contributed by atoms with Gasteiger partial charge in [-0.25, -0.2) is 5.10 Å². The maximum Gasteiger partial charge on any atom is 0.272 e. The van der Waals surface area contributed by atoms with Crippen molar-refractivity contribution in [1.82, 2.24) is 20.0 Å². The lowest BCUT2D eigenvalue weighted by Crippen LogP contribution is -2.46. The number of fused-ring (bicyclic) bond motifs is 2. The van der Waals surface area contributed by atoms with Crippen molar-refractivity contribution in [2.24, 2.45) is 0 Å². The minimum atomic E-state index is -0.193. The molecule has 0 saturated carbocycles. The molecule has 3 heterocycles. The number of aromatic amines is 1. The molecule has 2 aliphatic heterocycles. The van der Waals surface area contributed by atoms with Gasteiger partial charge in [-0.2, -0.15) is 5.10 Å². The van der Waals surface area contributed by atoms with E-state index in [9.17, 15) is 4.79 Å². The largest absolute Gasteiger partial charge is 0.456 e. The van der Waals surface area contributed by atoms with Gasteiger partial charge in [0.25, 0.3) is 5.56 Å². The van der Waals surface area contributed by atoms with E-state index in [1.165, 1.54) is 5.56 Å². The van der Waals surface area contributed by atoms with Crippen molar-refractivity contribution in [3.05, 3.63) is 52.3 Å². The fourth-order valence-electron chi connectivity index (χ4n) is 4.40. The quantitative estimate of drug-likeness (QED) is 0.463. The number of ether oxygens (including phenoxy) is 2. The monoisotopic (exact) mass is 420 g/mol. The Bertz CT molecular complexity index is 1140. The average Bonchev–Trinajstić information content (AvgIpc) is 2.80. The molecule has 0 unspecified atom stereocenters. The molecule has 2 aromatic carbocycles. The van der Waals surface area contributed by atoms with Gasteiger partial charge in [-0.05, 0) is 36.2 Å². The van der Waals surface area contributed by atoms with E-state index in [2.05, 4.69) is 39.1 Å². The van der Waals surface area contributed by atoms with E-state index in [-0.39, 0.29) is 5.56 Å². The van der Waals surface area contributed by atoms with Crippen LogP contribution in [-0.2, 0) is 11.3 Å². The van der Waals surface area contributed by atoms with Gasteiger partial charge in [-0.15, -0.1) is 0 Å². The van der Waals surface area contributed by atoms with Crippen LogP contribution in [0.1, 0.15) is 18.9 Å². The third-order valence-electron chi connectivity index (χ3n) is 6.07. The van der Waals surface area contributed by atoms with Crippen LogP contribution in [-0.4, -0.2) is 65.9 Å². The molecular formula is C24H28N4O3. The van der Waals surface area contributed by atoms with Gasteiger partial charge in [0, 0.05) is 51.4 Å². The number of nitrogens with zero attached hydrogens (tertiary/aromatic N) is 3. The van der Waals surface area contributed by atoms with Crippen molar-refractivity contribution >= 4 is 10.8 Å². The maximum atomic E-state index is 12.2. The predicted molar refractivity (Wildman–Crippen MR) is 121 cm³/mol. The van der Waals surface area contributed by atoms with Crippen LogP contribution in [0.2, 0.25) is 0 Å². The Hall–Kier alpha value is -2.74. The number of rotatable bonds is 7. The minimum Gasteiger partial charge on any atom is -0.456 e. The van der Waals surface area contributed by atoms with Gasteiger partial charge in [0.15, 0.2) is 0 Å². The normalized spacial score (nSPS) is 16.3. The van der Waals surface area contributed by atoms with E-state index in [0.717, 1.165) is 81.3 Å². The minimum absolute atomic E-state index is 0.193. The van der Waals surface area contributed by atoms with E-state index in [0.29, 0.717) is 11.1 Å². The number of hydrogen-bond acceptors (Lipinski definition) is 6. The summed E-state index contributed by atoms with van der Waals surface area (Å²) in [5.41, 5.74) is 2.75. The second-order valence-electron chi connectivity index (χ2n) is 8.24. The van der Waals surface area contributed by atoms with Crippen LogP contribution in [0.5, 0.6) is 11.5 Å². The lowest BCUT2D eigenvalue weighted by atomic mass is 9.99. The van der Waals surface area contributed by atoms with Crippen LogP contribution in [0.25, 0.3) is 22.0 Å². The van der Waals surface area contributed by atoms with Crippen molar-refractivity contribution in [1.29, 1.82) is 0 Å². The summed E-state index contributed by atoms with van der Waals surface area (Å²) in [4.78, 5) is 17.2. The first-order chi connectivity index (χ1) is 15.2. The fraction of sp³-hybridized carbons (Fsp3) is 0.417. The van der Waals surface area contributed by atoms with Gasteiger partial charge in [0.2, 0.25) is 0 Å². The molecular weight excluding hydrogens is 392 g/mol. The van der Waals surface area contributed by atoms with E-state index >= 15 is 0 Å². The Kier molecular flexibility index (Phi) is 5.72. The number of benzene rings is 2. The fourth-order valence-corrected chi connectivity index (χ4v) is 4.40. The molecule has 1 aromatic heterocycles. The van der Waals surface area contributed by atoms with Gasteiger partial charge >= 0.3 is 0 Å². The molecule has 1 fully saturated rings. The highest BCUT2D eigenvalue weighted by Gasteiger charge is 2.24. The summed E-state index contributed by atoms with van der Waals surface area (Å²) in [5, 5.41) is 8.40. The van der Waals surface area contributed by atoms with Gasteiger partial charge in [-0.1, -0.05) is 19.1 Å². The molecule has 7 heteroatoms. The molecule has 1 saturated heterocycles. The first-order valence-electron chi connectivity index (χ1n) is 11.1. The highest BCUT2D eigenvalue weighted by atomic mass is 16.5. The molecule has 7 nitrogen and oxygen atoms in total. The summed E-state index contributed by atoms with van der Waals surface area (Å²) in [6.45, 7) is 9.94. The second kappa shape index (κ2) is 8.78. The molecule has 3 aromatic rings. The number of nitrogens with one attached hydrogen (secondary N) is 1. The van der Waals surface area contributed by atoms with Gasteiger partial charge in [-0.3, -0.25) is 14.6 Å². The summed E-state index contributed by atoms with van der Waals surface area (Å²) < 4.78 is 11.7. The molecule has 162 valence electrons. The second-order valence-corrected chi connectivity index (χ2v) is 8.24. The lowest BCUT2D eigenvalue weighted by Gasteiger charge is -2.34. The van der Waals surface area contributed by atoms with Crippen molar-refractivity contribution in [2.75, 3.05) is 45.9 Å². The average molecular weight is 421 g/mol. The van der Waals surface area contributed by atoms with Gasteiger partial charge in [0.1, 0.15) is 17.2 Å². The molecule has 1 N–H and O–H groups in total. The Morgan fingerprint density at radius 1 is 1.06 bits per heavy atom. The van der Waals surface area contributed by atoms with E-state index in [1.54, 1.807) is 0 Å². The summed E-state index contributed by atoms with van der Waals surface area (Å²) in [7, 11) is 0. The molecule has 0 aliphatic carbocycles. The Balaban J connectivity index is 1.30. The maximum absolute atomic E-state index is 12.2. The number of piperazine rings is 1. The van der Waals surface area contributed by atoms with Crippen LogP contribution in [0, 0.1) is 0 Å². The van der Waals surface area contributed by atoms with Gasteiger partial charge < -0.3 is 9.47 Å². The Morgan fingerprint density at radius 3 is 2.74 bits per heavy atom. The van der Waals surface area contributed by atoms with Gasteiger partial charge in [0.05, 0.1) is 17.4 Å². The molecule has 2 aliphatic rings. The highest BCUT2D eigenvalue weighted by Crippen LogP contribution is 2.44. The van der Waals surface area contributed by atoms with E-state index < -0.39 is 0 Å². The molecule has 31 heavy (non-hydrogen) atoms. The zero-order valence-electron chi connectivity index (χ0n) is 17.9. The lowest BCUT2D eigenvalue weighted by molar-refractivity contribution is 0.0738. The topological polar surface area (TPSA) is 70.7 Å². The number of hydrogen-bond donors (Lipinski definition) is 1. The summed E-state index contributed by atoms with van der Waals surface area (Å²) in [5.74, 6) is 1.46.